The normalized spacial score (nSPS) is 19.2. The molecule has 1 aliphatic rings. The number of carbonyl (C=O) groups is 1. The highest BCUT2D eigenvalue weighted by atomic mass is 19.1. The lowest BCUT2D eigenvalue weighted by Crippen LogP contribution is -2.44. The molecule has 0 spiro atoms. The number of likely N-dealkylation sites (tertiary alicyclic amines) is 1. The second-order valence-electron chi connectivity index (χ2n) is 5.79. The molecule has 0 radical (unpaired) electrons. The predicted octanol–water partition coefficient (Wildman–Crippen LogP) is 3.05. The molecule has 0 N–H and O–H groups in total. The molecule has 0 aliphatic carbocycles. The topological polar surface area (TPSA) is 23.6 Å². The first-order valence-corrected chi connectivity index (χ1v) is 8.00. The van der Waals surface area contributed by atoms with E-state index in [0.717, 1.165) is 19.4 Å². The molecule has 3 nitrogen and oxygen atoms in total. The summed E-state index contributed by atoms with van der Waals surface area (Å²) in [5.41, 5.74) is 0.0958. The van der Waals surface area contributed by atoms with E-state index in [9.17, 15) is 13.6 Å². The summed E-state index contributed by atoms with van der Waals surface area (Å²) in [6, 6.07) is 3.93. The largest absolute Gasteiger partial charge is 0.343 e. The van der Waals surface area contributed by atoms with Gasteiger partial charge in [-0.1, -0.05) is 6.07 Å². The third-order valence-corrected chi connectivity index (χ3v) is 4.37. The Bertz CT molecular complexity index is 497. The minimum Gasteiger partial charge on any atom is -0.343 e. The monoisotopic (exact) mass is 310 g/mol. The van der Waals surface area contributed by atoms with Crippen LogP contribution in [0, 0.1) is 17.6 Å². The highest BCUT2D eigenvalue weighted by Gasteiger charge is 2.29. The summed E-state index contributed by atoms with van der Waals surface area (Å²) in [4.78, 5) is 16.3. The molecule has 1 atom stereocenters. The fraction of sp³-hybridized carbons (Fsp3) is 0.588. The van der Waals surface area contributed by atoms with E-state index in [-0.39, 0.29) is 23.9 Å². The Kier molecular flexibility index (Phi) is 5.89. The van der Waals surface area contributed by atoms with E-state index in [0.29, 0.717) is 19.6 Å². The fourth-order valence-electron chi connectivity index (χ4n) is 3.10. The lowest BCUT2D eigenvalue weighted by Gasteiger charge is -2.34. The van der Waals surface area contributed by atoms with Crippen molar-refractivity contribution in [1.29, 1.82) is 0 Å². The van der Waals surface area contributed by atoms with Gasteiger partial charge in [0.1, 0.15) is 11.6 Å². The van der Waals surface area contributed by atoms with Crippen LogP contribution in [0.15, 0.2) is 18.2 Å². The van der Waals surface area contributed by atoms with Gasteiger partial charge in [-0.3, -0.25) is 9.69 Å². The molecule has 22 heavy (non-hydrogen) atoms. The Hall–Kier alpha value is -1.49. The maximum atomic E-state index is 13.8. The van der Waals surface area contributed by atoms with Crippen molar-refractivity contribution in [2.24, 2.45) is 5.92 Å². The Balaban J connectivity index is 2.03. The standard InChI is InChI=1S/C17H24F2N2O/c1-3-21(4-2)17(22)13-7-6-10-20(11-13)12-14-15(18)8-5-9-16(14)19/h5,8-9,13H,3-4,6-7,10-12H2,1-2H3/t13-/m0/s1. The second kappa shape index (κ2) is 7.68. The number of piperidine rings is 1. The molecule has 2 rings (SSSR count). The minimum absolute atomic E-state index is 0.0662. The summed E-state index contributed by atoms with van der Waals surface area (Å²) in [6.45, 7) is 6.91. The van der Waals surface area contributed by atoms with Crippen LogP contribution in [0.4, 0.5) is 8.78 Å². The number of halogens is 2. The van der Waals surface area contributed by atoms with Crippen LogP contribution in [0.5, 0.6) is 0 Å². The van der Waals surface area contributed by atoms with E-state index >= 15 is 0 Å². The molecule has 0 unspecified atom stereocenters. The van der Waals surface area contributed by atoms with Gasteiger partial charge in [0.05, 0.1) is 5.92 Å². The molecule has 0 bridgehead atoms. The van der Waals surface area contributed by atoms with Gasteiger partial charge in [0.25, 0.3) is 0 Å². The average Bonchev–Trinajstić information content (AvgIpc) is 2.52. The van der Waals surface area contributed by atoms with E-state index in [1.165, 1.54) is 18.2 Å². The molecule has 0 aromatic heterocycles. The van der Waals surface area contributed by atoms with E-state index in [2.05, 4.69) is 0 Å². The van der Waals surface area contributed by atoms with Crippen LogP contribution in [-0.4, -0.2) is 41.9 Å². The predicted molar refractivity (Wildman–Crippen MR) is 82.3 cm³/mol. The molecule has 1 heterocycles. The summed E-state index contributed by atoms with van der Waals surface area (Å²) >= 11 is 0. The van der Waals surface area contributed by atoms with Crippen LogP contribution in [0.1, 0.15) is 32.3 Å². The molecule has 1 fully saturated rings. The number of hydrogen-bond acceptors (Lipinski definition) is 2. The van der Waals surface area contributed by atoms with Crippen LogP contribution in [-0.2, 0) is 11.3 Å². The van der Waals surface area contributed by atoms with E-state index < -0.39 is 11.6 Å². The highest BCUT2D eigenvalue weighted by Crippen LogP contribution is 2.22. The minimum atomic E-state index is -0.516. The van der Waals surface area contributed by atoms with Gasteiger partial charge in [0.2, 0.25) is 5.91 Å². The number of amides is 1. The second-order valence-corrected chi connectivity index (χ2v) is 5.79. The smallest absolute Gasteiger partial charge is 0.226 e. The van der Waals surface area contributed by atoms with Gasteiger partial charge in [-0.2, -0.15) is 0 Å². The average molecular weight is 310 g/mol. The molecule has 0 saturated carbocycles. The van der Waals surface area contributed by atoms with Crippen molar-refractivity contribution < 1.29 is 13.6 Å². The Morgan fingerprint density at radius 1 is 1.27 bits per heavy atom. The molecule has 122 valence electrons. The molecule has 5 heteroatoms. The Morgan fingerprint density at radius 2 is 1.91 bits per heavy atom. The zero-order valence-electron chi connectivity index (χ0n) is 13.3. The molecular formula is C17H24F2N2O. The van der Waals surface area contributed by atoms with Crippen molar-refractivity contribution in [3.63, 3.8) is 0 Å². The molecule has 1 amide bonds. The van der Waals surface area contributed by atoms with Gasteiger partial charge in [-0.15, -0.1) is 0 Å². The number of rotatable bonds is 5. The van der Waals surface area contributed by atoms with Gasteiger partial charge in [-0.05, 0) is 45.4 Å². The van der Waals surface area contributed by atoms with Crippen LogP contribution >= 0.6 is 0 Å². The first kappa shape index (κ1) is 16.9. The molecule has 1 aliphatic heterocycles. The lowest BCUT2D eigenvalue weighted by atomic mass is 9.96. The van der Waals surface area contributed by atoms with Crippen LogP contribution in [0.25, 0.3) is 0 Å². The number of hydrogen-bond donors (Lipinski definition) is 0. The summed E-state index contributed by atoms with van der Waals surface area (Å²) in [6.07, 6.45) is 1.74. The number of nitrogens with zero attached hydrogens (tertiary/aromatic N) is 2. The molecule has 1 saturated heterocycles. The van der Waals surface area contributed by atoms with Crippen molar-refractivity contribution in [3.8, 4) is 0 Å². The third-order valence-electron chi connectivity index (χ3n) is 4.37. The van der Waals surface area contributed by atoms with Gasteiger partial charge < -0.3 is 4.90 Å². The van der Waals surface area contributed by atoms with Crippen molar-refractivity contribution in [1.82, 2.24) is 9.80 Å². The van der Waals surface area contributed by atoms with Crippen LogP contribution in [0.2, 0.25) is 0 Å². The fourth-order valence-corrected chi connectivity index (χ4v) is 3.10. The first-order chi connectivity index (χ1) is 10.6. The van der Waals surface area contributed by atoms with Crippen molar-refractivity contribution in [2.75, 3.05) is 26.2 Å². The SMILES string of the molecule is CCN(CC)C(=O)[C@H]1CCCN(Cc2c(F)cccc2F)C1. The highest BCUT2D eigenvalue weighted by molar-refractivity contribution is 5.79. The van der Waals surface area contributed by atoms with Crippen molar-refractivity contribution in [2.45, 2.75) is 33.2 Å². The Labute approximate surface area is 130 Å². The lowest BCUT2D eigenvalue weighted by molar-refractivity contribution is -0.137. The van der Waals surface area contributed by atoms with E-state index in [4.69, 9.17) is 0 Å². The van der Waals surface area contributed by atoms with E-state index in [1.54, 1.807) is 0 Å². The quantitative estimate of drug-likeness (QED) is 0.834. The first-order valence-electron chi connectivity index (χ1n) is 8.00. The van der Waals surface area contributed by atoms with Gasteiger partial charge in [-0.25, -0.2) is 8.78 Å². The molecule has 1 aromatic rings. The third kappa shape index (κ3) is 3.83. The van der Waals surface area contributed by atoms with Crippen molar-refractivity contribution in [3.05, 3.63) is 35.4 Å². The van der Waals surface area contributed by atoms with Crippen molar-refractivity contribution >= 4 is 5.91 Å². The summed E-state index contributed by atoms with van der Waals surface area (Å²) < 4.78 is 27.5. The zero-order valence-corrected chi connectivity index (χ0v) is 13.3. The maximum Gasteiger partial charge on any atom is 0.226 e. The summed E-state index contributed by atoms with van der Waals surface area (Å²) in [5, 5.41) is 0. The van der Waals surface area contributed by atoms with Crippen LogP contribution in [0.3, 0.4) is 0 Å². The van der Waals surface area contributed by atoms with Gasteiger partial charge in [0, 0.05) is 31.7 Å². The van der Waals surface area contributed by atoms with Gasteiger partial charge in [0.15, 0.2) is 0 Å². The summed E-state index contributed by atoms with van der Waals surface area (Å²) in [7, 11) is 0. The Morgan fingerprint density at radius 3 is 2.50 bits per heavy atom. The summed E-state index contributed by atoms with van der Waals surface area (Å²) in [5.74, 6) is -0.943. The number of benzene rings is 1. The zero-order chi connectivity index (χ0) is 16.1. The van der Waals surface area contributed by atoms with Crippen LogP contribution < -0.4 is 0 Å². The van der Waals surface area contributed by atoms with E-state index in [1.807, 2.05) is 23.6 Å². The van der Waals surface area contributed by atoms with Gasteiger partial charge >= 0.3 is 0 Å². The number of carbonyl (C=O) groups excluding carboxylic acids is 1. The molecule has 1 aromatic carbocycles. The molecular weight excluding hydrogens is 286 g/mol. The maximum absolute atomic E-state index is 13.8.